The van der Waals surface area contributed by atoms with Gasteiger partial charge < -0.3 is 5.32 Å². The molecule has 0 aliphatic carbocycles. The van der Waals surface area contributed by atoms with E-state index in [-0.39, 0.29) is 5.91 Å². The molecule has 0 unspecified atom stereocenters. The SMILES string of the molecule is O=C(Nc1cccc(CBr)c1)c1cc(Br)ccc1Br. The summed E-state index contributed by atoms with van der Waals surface area (Å²) in [4.78, 5) is 12.2. The normalized spacial score (nSPS) is 10.3. The third-order valence-corrected chi connectivity index (χ3v) is 4.34. The van der Waals surface area contributed by atoms with Crippen LogP contribution in [0.2, 0.25) is 0 Å². The van der Waals surface area contributed by atoms with Crippen molar-refractivity contribution >= 4 is 59.4 Å². The fourth-order valence-electron chi connectivity index (χ4n) is 1.60. The lowest BCUT2D eigenvalue weighted by Crippen LogP contribution is -2.12. The monoisotopic (exact) mass is 445 g/mol. The van der Waals surface area contributed by atoms with Crippen molar-refractivity contribution in [3.8, 4) is 0 Å². The van der Waals surface area contributed by atoms with Crippen LogP contribution in [-0.4, -0.2) is 5.91 Å². The van der Waals surface area contributed by atoms with Crippen molar-refractivity contribution in [3.05, 3.63) is 62.5 Å². The lowest BCUT2D eigenvalue weighted by Gasteiger charge is -2.08. The molecule has 0 radical (unpaired) electrons. The zero-order valence-electron chi connectivity index (χ0n) is 9.79. The van der Waals surface area contributed by atoms with Crippen molar-refractivity contribution in [1.29, 1.82) is 0 Å². The zero-order chi connectivity index (χ0) is 13.8. The van der Waals surface area contributed by atoms with Gasteiger partial charge in [-0.1, -0.05) is 44.0 Å². The summed E-state index contributed by atoms with van der Waals surface area (Å²) in [5, 5.41) is 3.65. The van der Waals surface area contributed by atoms with Crippen LogP contribution in [-0.2, 0) is 5.33 Å². The van der Waals surface area contributed by atoms with E-state index in [0.29, 0.717) is 5.56 Å². The number of carbonyl (C=O) groups excluding carboxylic acids is 1. The van der Waals surface area contributed by atoms with Gasteiger partial charge in [-0.15, -0.1) is 0 Å². The maximum absolute atomic E-state index is 12.2. The molecule has 0 spiro atoms. The van der Waals surface area contributed by atoms with E-state index in [1.54, 1.807) is 6.07 Å². The summed E-state index contributed by atoms with van der Waals surface area (Å²) in [6.45, 7) is 0. The standard InChI is InChI=1S/C14H10Br3NO/c15-8-9-2-1-3-11(6-9)18-14(19)12-7-10(16)4-5-13(12)17/h1-7H,8H2,(H,18,19). The highest BCUT2D eigenvalue weighted by Gasteiger charge is 2.10. The molecule has 2 aromatic carbocycles. The molecule has 5 heteroatoms. The van der Waals surface area contributed by atoms with Crippen molar-refractivity contribution in [1.82, 2.24) is 0 Å². The van der Waals surface area contributed by atoms with Gasteiger partial charge >= 0.3 is 0 Å². The van der Waals surface area contributed by atoms with Gasteiger partial charge in [-0.3, -0.25) is 4.79 Å². The van der Waals surface area contributed by atoms with E-state index >= 15 is 0 Å². The van der Waals surface area contributed by atoms with Crippen LogP contribution in [0.15, 0.2) is 51.4 Å². The van der Waals surface area contributed by atoms with Gasteiger partial charge in [0.25, 0.3) is 5.91 Å². The molecule has 19 heavy (non-hydrogen) atoms. The van der Waals surface area contributed by atoms with Crippen LogP contribution >= 0.6 is 47.8 Å². The van der Waals surface area contributed by atoms with Gasteiger partial charge in [0.2, 0.25) is 0 Å². The van der Waals surface area contributed by atoms with Crippen LogP contribution < -0.4 is 5.32 Å². The molecule has 2 aromatic rings. The first-order valence-electron chi connectivity index (χ1n) is 5.51. The Morgan fingerprint density at radius 2 is 1.89 bits per heavy atom. The minimum absolute atomic E-state index is 0.139. The maximum atomic E-state index is 12.2. The van der Waals surface area contributed by atoms with Crippen LogP contribution in [0.3, 0.4) is 0 Å². The van der Waals surface area contributed by atoms with Crippen molar-refractivity contribution in [3.63, 3.8) is 0 Å². The molecule has 1 amide bonds. The molecular formula is C14H10Br3NO. The second-order valence-electron chi connectivity index (χ2n) is 3.91. The Kier molecular flexibility index (Phi) is 5.19. The Morgan fingerprint density at radius 1 is 1.11 bits per heavy atom. The summed E-state index contributed by atoms with van der Waals surface area (Å²) in [6.07, 6.45) is 0. The summed E-state index contributed by atoms with van der Waals surface area (Å²) in [5.41, 5.74) is 2.50. The highest BCUT2D eigenvalue weighted by atomic mass is 79.9. The van der Waals surface area contributed by atoms with E-state index in [2.05, 4.69) is 53.1 Å². The zero-order valence-corrected chi connectivity index (χ0v) is 14.5. The third-order valence-electron chi connectivity index (χ3n) is 2.51. The van der Waals surface area contributed by atoms with E-state index in [4.69, 9.17) is 0 Å². The number of hydrogen-bond acceptors (Lipinski definition) is 1. The number of rotatable bonds is 3. The summed E-state index contributed by atoms with van der Waals surface area (Å²) >= 11 is 10.1. The molecule has 2 nitrogen and oxygen atoms in total. The Hall–Kier alpha value is -0.650. The van der Waals surface area contributed by atoms with Gasteiger partial charge in [-0.2, -0.15) is 0 Å². The predicted octanol–water partition coefficient (Wildman–Crippen LogP) is 5.36. The second-order valence-corrected chi connectivity index (χ2v) is 6.24. The molecule has 0 atom stereocenters. The van der Waals surface area contributed by atoms with E-state index < -0.39 is 0 Å². The van der Waals surface area contributed by atoms with E-state index in [9.17, 15) is 4.79 Å². The van der Waals surface area contributed by atoms with Gasteiger partial charge in [0.15, 0.2) is 0 Å². The molecule has 1 N–H and O–H groups in total. The van der Waals surface area contributed by atoms with Crippen molar-refractivity contribution in [2.45, 2.75) is 5.33 Å². The van der Waals surface area contributed by atoms with Crippen molar-refractivity contribution in [2.75, 3.05) is 5.32 Å². The van der Waals surface area contributed by atoms with Gasteiger partial charge in [-0.25, -0.2) is 0 Å². The van der Waals surface area contributed by atoms with Gasteiger partial charge in [0.1, 0.15) is 0 Å². The average molecular weight is 448 g/mol. The van der Waals surface area contributed by atoms with Crippen LogP contribution in [0.4, 0.5) is 5.69 Å². The Labute approximate surface area is 137 Å². The van der Waals surface area contributed by atoms with Crippen molar-refractivity contribution in [2.24, 2.45) is 0 Å². The minimum Gasteiger partial charge on any atom is -0.322 e. The number of nitrogens with one attached hydrogen (secondary N) is 1. The number of amides is 1. The molecule has 0 aromatic heterocycles. The van der Waals surface area contributed by atoms with E-state index in [0.717, 1.165) is 25.5 Å². The van der Waals surface area contributed by atoms with Gasteiger partial charge in [0.05, 0.1) is 5.56 Å². The molecule has 0 aliphatic heterocycles. The number of carbonyl (C=O) groups is 1. The van der Waals surface area contributed by atoms with Gasteiger partial charge in [-0.05, 0) is 51.8 Å². The molecule has 0 bridgehead atoms. The molecule has 2 rings (SSSR count). The number of benzene rings is 2. The smallest absolute Gasteiger partial charge is 0.256 e. The molecule has 0 fully saturated rings. The van der Waals surface area contributed by atoms with Crippen LogP contribution in [0.25, 0.3) is 0 Å². The molecule has 98 valence electrons. The topological polar surface area (TPSA) is 29.1 Å². The Morgan fingerprint density at radius 3 is 2.63 bits per heavy atom. The van der Waals surface area contributed by atoms with Crippen LogP contribution in [0.5, 0.6) is 0 Å². The van der Waals surface area contributed by atoms with E-state index in [1.165, 1.54) is 0 Å². The van der Waals surface area contributed by atoms with Crippen LogP contribution in [0, 0.1) is 0 Å². The lowest BCUT2D eigenvalue weighted by molar-refractivity contribution is 0.102. The molecule has 0 saturated heterocycles. The fourth-order valence-corrected chi connectivity index (χ4v) is 2.74. The van der Waals surface area contributed by atoms with Gasteiger partial charge in [0, 0.05) is 20.0 Å². The summed E-state index contributed by atoms with van der Waals surface area (Å²) in [6, 6.07) is 13.2. The summed E-state index contributed by atoms with van der Waals surface area (Å²) in [5.74, 6) is -0.139. The third kappa shape index (κ3) is 3.91. The number of halogens is 3. The second kappa shape index (κ2) is 6.68. The average Bonchev–Trinajstić information content (AvgIpc) is 2.41. The Balaban J connectivity index is 2.23. The first kappa shape index (κ1) is 14.8. The number of anilines is 1. The number of hydrogen-bond donors (Lipinski definition) is 1. The quantitative estimate of drug-likeness (QED) is 0.630. The fraction of sp³-hybridized carbons (Fsp3) is 0.0714. The molecule has 0 aliphatic rings. The predicted molar refractivity (Wildman–Crippen MR) is 88.9 cm³/mol. The van der Waals surface area contributed by atoms with Crippen LogP contribution in [0.1, 0.15) is 15.9 Å². The highest BCUT2D eigenvalue weighted by Crippen LogP contribution is 2.23. The molecule has 0 heterocycles. The molecule has 0 saturated carbocycles. The summed E-state index contributed by atoms with van der Waals surface area (Å²) < 4.78 is 1.64. The molecular weight excluding hydrogens is 438 g/mol. The summed E-state index contributed by atoms with van der Waals surface area (Å²) in [7, 11) is 0. The minimum atomic E-state index is -0.139. The Bertz CT molecular complexity index is 613. The van der Waals surface area contributed by atoms with E-state index in [1.807, 2.05) is 36.4 Å². The largest absolute Gasteiger partial charge is 0.322 e. The maximum Gasteiger partial charge on any atom is 0.256 e. The first-order valence-corrected chi connectivity index (χ1v) is 8.22. The number of alkyl halides is 1. The van der Waals surface area contributed by atoms with Crippen molar-refractivity contribution < 1.29 is 4.79 Å². The lowest BCUT2D eigenvalue weighted by atomic mass is 10.2. The highest BCUT2D eigenvalue weighted by molar-refractivity contribution is 9.11. The first-order chi connectivity index (χ1) is 9.10.